The van der Waals surface area contributed by atoms with Gasteiger partial charge in [0, 0.05) is 0 Å². The van der Waals surface area contributed by atoms with E-state index in [1.807, 2.05) is 6.92 Å². The zero-order valence-electron chi connectivity index (χ0n) is 7.59. The Hall–Kier alpha value is -0.455. The minimum absolute atomic E-state index is 0.547. The molecule has 1 atom stereocenters. The molecule has 1 aliphatic rings. The van der Waals surface area contributed by atoms with E-state index in [1.165, 1.54) is 6.42 Å². The van der Waals surface area contributed by atoms with Gasteiger partial charge in [-0.1, -0.05) is 31.6 Å². The molecule has 1 unspecified atom stereocenters. The first-order valence-corrected chi connectivity index (χ1v) is 4.13. The second-order valence-electron chi connectivity index (χ2n) is 4.07. The van der Waals surface area contributed by atoms with E-state index < -0.39 is 0 Å². The van der Waals surface area contributed by atoms with Gasteiger partial charge in [-0.05, 0) is 24.7 Å². The van der Waals surface area contributed by atoms with Crippen LogP contribution >= 0.6 is 0 Å². The van der Waals surface area contributed by atoms with Crippen LogP contribution in [-0.2, 0) is 0 Å². The molecule has 1 aliphatic carbocycles. The molecule has 0 aromatic rings. The fourth-order valence-corrected chi connectivity index (χ4v) is 1.16. The predicted octanol–water partition coefficient (Wildman–Crippen LogP) is 2.66. The van der Waals surface area contributed by atoms with Gasteiger partial charge in [0.15, 0.2) is 0 Å². The maximum atomic E-state index is 5.33. The van der Waals surface area contributed by atoms with E-state index in [9.17, 15) is 0 Å². The monoisotopic (exact) mass is 146 g/mol. The van der Waals surface area contributed by atoms with Crippen molar-refractivity contribution in [3.63, 3.8) is 0 Å². The Kier molecular flexibility index (Phi) is 2.27. The van der Waals surface area contributed by atoms with Crippen molar-refractivity contribution in [3.8, 4) is 0 Å². The number of allylic oxidation sites excluding steroid dienone is 3. The molecule has 58 valence electrons. The summed E-state index contributed by atoms with van der Waals surface area (Å²) in [7, 11) is 5.33. The van der Waals surface area contributed by atoms with Gasteiger partial charge in [-0.2, -0.15) is 0 Å². The van der Waals surface area contributed by atoms with Crippen molar-refractivity contribution in [3.05, 3.63) is 23.7 Å². The molecule has 0 amide bonds. The van der Waals surface area contributed by atoms with Gasteiger partial charge in [-0.25, -0.2) is 0 Å². The summed E-state index contributed by atoms with van der Waals surface area (Å²) in [6, 6.07) is 0. The molecule has 1 saturated carbocycles. The third-order valence-corrected chi connectivity index (χ3v) is 2.44. The molecule has 0 aliphatic heterocycles. The third-order valence-electron chi connectivity index (χ3n) is 2.44. The zero-order valence-corrected chi connectivity index (χ0v) is 7.59. The van der Waals surface area contributed by atoms with Gasteiger partial charge < -0.3 is 0 Å². The van der Waals surface area contributed by atoms with Gasteiger partial charge in [-0.3, -0.25) is 0 Å². The highest BCUT2D eigenvalue weighted by molar-refractivity contribution is 6.17. The first-order chi connectivity index (χ1) is 5.06. The zero-order chi connectivity index (χ0) is 8.48. The van der Waals surface area contributed by atoms with Gasteiger partial charge in [-0.15, -0.1) is 5.98 Å². The molecule has 1 heteroatoms. The van der Waals surface area contributed by atoms with Crippen LogP contribution in [0.3, 0.4) is 0 Å². The summed E-state index contributed by atoms with van der Waals surface area (Å²) < 4.78 is 0. The van der Waals surface area contributed by atoms with Crippen LogP contribution in [0.4, 0.5) is 0 Å². The summed E-state index contributed by atoms with van der Waals surface area (Å²) in [4.78, 5) is 0. The predicted molar refractivity (Wildman–Crippen MR) is 50.5 cm³/mol. The molecule has 1 fully saturated rings. The quantitative estimate of drug-likeness (QED) is 0.415. The summed E-state index contributed by atoms with van der Waals surface area (Å²) in [5.41, 5.74) is 1.69. The maximum absolute atomic E-state index is 5.33. The molecule has 1 rings (SSSR count). The third kappa shape index (κ3) is 2.25. The van der Waals surface area contributed by atoms with Crippen molar-refractivity contribution in [2.75, 3.05) is 0 Å². The Morgan fingerprint density at radius 1 is 1.55 bits per heavy atom. The lowest BCUT2D eigenvalue weighted by atomic mass is 10.0. The highest BCUT2D eigenvalue weighted by Gasteiger charge is 2.43. The van der Waals surface area contributed by atoms with Crippen molar-refractivity contribution in [1.29, 1.82) is 0 Å². The average molecular weight is 146 g/mol. The molecule has 0 aromatic heterocycles. The van der Waals surface area contributed by atoms with Crippen LogP contribution in [0.25, 0.3) is 0 Å². The van der Waals surface area contributed by atoms with Gasteiger partial charge in [0.05, 0.1) is 0 Å². The molecule has 0 nitrogen and oxygen atoms in total. The van der Waals surface area contributed by atoms with E-state index in [1.54, 1.807) is 5.98 Å². The Bertz CT molecular complexity index is 199. The Morgan fingerprint density at radius 3 is 2.45 bits per heavy atom. The highest BCUT2D eigenvalue weighted by atomic mass is 14.5. The standard InChI is InChI=1S/C10H15B/c1-8(7-11)4-5-9-6-10(9,2)3/h4-5,7,9H,6H2,1-3H3. The summed E-state index contributed by atoms with van der Waals surface area (Å²) in [6.07, 6.45) is 5.69. The molecule has 0 aromatic carbocycles. The molecule has 0 bridgehead atoms. The van der Waals surface area contributed by atoms with Crippen molar-refractivity contribution >= 4 is 7.85 Å². The van der Waals surface area contributed by atoms with E-state index in [4.69, 9.17) is 7.85 Å². The van der Waals surface area contributed by atoms with Crippen molar-refractivity contribution in [1.82, 2.24) is 0 Å². The van der Waals surface area contributed by atoms with E-state index in [0.29, 0.717) is 5.41 Å². The van der Waals surface area contributed by atoms with Crippen molar-refractivity contribution in [2.24, 2.45) is 11.3 Å². The fraction of sp³-hybridized carbons (Fsp3) is 0.600. The normalized spacial score (nSPS) is 29.4. The van der Waals surface area contributed by atoms with Crippen LogP contribution in [0.2, 0.25) is 0 Å². The van der Waals surface area contributed by atoms with Crippen molar-refractivity contribution in [2.45, 2.75) is 27.2 Å². The van der Waals surface area contributed by atoms with Crippen LogP contribution < -0.4 is 0 Å². The first kappa shape index (κ1) is 8.64. The minimum Gasteiger partial charge on any atom is -0.129 e. The molecule has 11 heavy (non-hydrogen) atoms. The number of hydrogen-bond donors (Lipinski definition) is 0. The van der Waals surface area contributed by atoms with Crippen LogP contribution in [-0.4, -0.2) is 7.85 Å². The fourth-order valence-electron chi connectivity index (χ4n) is 1.16. The summed E-state index contributed by atoms with van der Waals surface area (Å²) in [5.74, 6) is 2.42. The second-order valence-corrected chi connectivity index (χ2v) is 4.07. The van der Waals surface area contributed by atoms with E-state index >= 15 is 0 Å². The lowest BCUT2D eigenvalue weighted by Crippen LogP contribution is -1.85. The second kappa shape index (κ2) is 2.88. The average Bonchev–Trinajstić information content (AvgIpc) is 2.54. The van der Waals surface area contributed by atoms with Crippen LogP contribution in [0.1, 0.15) is 27.2 Å². The van der Waals surface area contributed by atoms with E-state index in [-0.39, 0.29) is 0 Å². The Morgan fingerprint density at radius 2 is 2.09 bits per heavy atom. The molecular formula is C10H15B. The van der Waals surface area contributed by atoms with E-state index in [2.05, 4.69) is 26.0 Å². The highest BCUT2D eigenvalue weighted by Crippen LogP contribution is 2.52. The largest absolute Gasteiger partial charge is 0.129 e. The summed E-state index contributed by atoms with van der Waals surface area (Å²) in [6.45, 7) is 6.61. The summed E-state index contributed by atoms with van der Waals surface area (Å²) >= 11 is 0. The molecule has 2 radical (unpaired) electrons. The van der Waals surface area contributed by atoms with Gasteiger partial charge in [0.25, 0.3) is 0 Å². The van der Waals surface area contributed by atoms with Crippen LogP contribution in [0.15, 0.2) is 23.7 Å². The SMILES string of the molecule is [B]C=C(C)C=CC1CC1(C)C. The number of rotatable bonds is 2. The van der Waals surface area contributed by atoms with Gasteiger partial charge >= 0.3 is 0 Å². The van der Waals surface area contributed by atoms with Crippen LogP contribution in [0, 0.1) is 11.3 Å². The number of hydrogen-bond acceptors (Lipinski definition) is 0. The first-order valence-electron chi connectivity index (χ1n) is 4.13. The van der Waals surface area contributed by atoms with E-state index in [0.717, 1.165) is 11.5 Å². The smallest absolute Gasteiger partial charge is 0.103 e. The maximum Gasteiger partial charge on any atom is 0.103 e. The molecular weight excluding hydrogens is 131 g/mol. The molecule has 0 spiro atoms. The molecule has 0 saturated heterocycles. The lowest BCUT2D eigenvalue weighted by Gasteiger charge is -1.95. The van der Waals surface area contributed by atoms with Crippen LogP contribution in [0.5, 0.6) is 0 Å². The topological polar surface area (TPSA) is 0 Å². The minimum atomic E-state index is 0.547. The Labute approximate surface area is 70.8 Å². The summed E-state index contributed by atoms with van der Waals surface area (Å²) in [5, 5.41) is 0. The molecule has 0 N–H and O–H groups in total. The Balaban J connectivity index is 2.39. The van der Waals surface area contributed by atoms with Gasteiger partial charge in [0.1, 0.15) is 7.85 Å². The lowest BCUT2D eigenvalue weighted by molar-refractivity contribution is 0.610. The van der Waals surface area contributed by atoms with Gasteiger partial charge in [0.2, 0.25) is 0 Å². The molecule has 0 heterocycles. The van der Waals surface area contributed by atoms with Crippen molar-refractivity contribution < 1.29 is 0 Å².